The van der Waals surface area contributed by atoms with Gasteiger partial charge in [0.25, 0.3) is 5.56 Å². The second-order valence-electron chi connectivity index (χ2n) is 6.27. The van der Waals surface area contributed by atoms with E-state index in [9.17, 15) is 4.79 Å². The molecule has 1 heterocycles. The molecular weight excluding hydrogens is 364 g/mol. The number of nitrogens with one attached hydrogen (secondary N) is 2. The highest BCUT2D eigenvalue weighted by atomic mass is 35.5. The predicted octanol–water partition coefficient (Wildman–Crippen LogP) is 5.08. The van der Waals surface area contributed by atoms with Crippen molar-refractivity contribution in [2.75, 3.05) is 0 Å². The molecular formula is C21H17ClN2OS. The predicted molar refractivity (Wildman–Crippen MR) is 109 cm³/mol. The fourth-order valence-corrected chi connectivity index (χ4v) is 4.59. The van der Waals surface area contributed by atoms with Crippen LogP contribution in [0.25, 0.3) is 11.1 Å². The molecule has 2 aromatic carbocycles. The SMILES string of the molecule is N=Cc1c2c(c(SCc3ccc(Cl)cc3)[nH]c1=O)CCc1ccccc1-2. The summed E-state index contributed by atoms with van der Waals surface area (Å²) >= 11 is 7.58. The van der Waals surface area contributed by atoms with Crippen molar-refractivity contribution in [2.45, 2.75) is 23.6 Å². The lowest BCUT2D eigenvalue weighted by Gasteiger charge is -2.23. The summed E-state index contributed by atoms with van der Waals surface area (Å²) < 4.78 is 0. The summed E-state index contributed by atoms with van der Waals surface area (Å²) in [6.07, 6.45) is 2.99. The number of aromatic amines is 1. The van der Waals surface area contributed by atoms with E-state index >= 15 is 0 Å². The third-order valence-electron chi connectivity index (χ3n) is 4.69. The van der Waals surface area contributed by atoms with Crippen molar-refractivity contribution in [2.24, 2.45) is 0 Å². The Morgan fingerprint density at radius 1 is 1.12 bits per heavy atom. The van der Waals surface area contributed by atoms with Crippen molar-refractivity contribution < 1.29 is 0 Å². The number of H-pyrrole nitrogens is 1. The molecule has 0 atom stereocenters. The molecule has 1 aliphatic rings. The highest BCUT2D eigenvalue weighted by molar-refractivity contribution is 7.98. The van der Waals surface area contributed by atoms with Crippen LogP contribution in [0.5, 0.6) is 0 Å². The molecule has 0 unspecified atom stereocenters. The highest BCUT2D eigenvalue weighted by Crippen LogP contribution is 2.38. The van der Waals surface area contributed by atoms with Crippen LogP contribution in [-0.2, 0) is 18.6 Å². The number of rotatable bonds is 4. The average Bonchev–Trinajstić information content (AvgIpc) is 2.67. The minimum absolute atomic E-state index is 0.200. The zero-order chi connectivity index (χ0) is 18.1. The van der Waals surface area contributed by atoms with Crippen LogP contribution in [-0.4, -0.2) is 11.2 Å². The first kappa shape index (κ1) is 17.1. The van der Waals surface area contributed by atoms with Gasteiger partial charge in [0, 0.05) is 22.6 Å². The maximum absolute atomic E-state index is 12.6. The number of aromatic nitrogens is 1. The number of pyridine rings is 1. The minimum atomic E-state index is -0.200. The van der Waals surface area contributed by atoms with E-state index < -0.39 is 0 Å². The van der Waals surface area contributed by atoms with Crippen LogP contribution in [0.2, 0.25) is 5.02 Å². The van der Waals surface area contributed by atoms with Crippen LogP contribution in [0, 0.1) is 5.41 Å². The Hall–Kier alpha value is -2.30. The summed E-state index contributed by atoms with van der Waals surface area (Å²) in [6, 6.07) is 15.9. The van der Waals surface area contributed by atoms with Gasteiger partial charge in [0.15, 0.2) is 0 Å². The summed E-state index contributed by atoms with van der Waals surface area (Å²) in [4.78, 5) is 15.6. The van der Waals surface area contributed by atoms with Gasteiger partial charge in [-0.05, 0) is 47.2 Å². The molecule has 26 heavy (non-hydrogen) atoms. The van der Waals surface area contributed by atoms with E-state index in [1.807, 2.05) is 42.5 Å². The molecule has 0 radical (unpaired) electrons. The van der Waals surface area contributed by atoms with Gasteiger partial charge in [0.2, 0.25) is 0 Å². The monoisotopic (exact) mass is 380 g/mol. The van der Waals surface area contributed by atoms with Crippen LogP contribution < -0.4 is 5.56 Å². The fourth-order valence-electron chi connectivity index (χ4n) is 3.42. The smallest absolute Gasteiger partial charge is 0.258 e. The second-order valence-corrected chi connectivity index (χ2v) is 7.69. The summed E-state index contributed by atoms with van der Waals surface area (Å²) in [5.74, 6) is 0.755. The number of benzene rings is 2. The van der Waals surface area contributed by atoms with Gasteiger partial charge < -0.3 is 10.4 Å². The van der Waals surface area contributed by atoms with E-state index in [1.165, 1.54) is 11.8 Å². The summed E-state index contributed by atoms with van der Waals surface area (Å²) in [6.45, 7) is 0. The Bertz CT molecular complexity index is 1040. The molecule has 0 fully saturated rings. The van der Waals surface area contributed by atoms with Crippen molar-refractivity contribution in [3.63, 3.8) is 0 Å². The lowest BCUT2D eigenvalue weighted by atomic mass is 9.84. The standard InChI is InChI=1S/C21H17ClN2OS/c22-15-8-5-13(6-9-15)12-26-21-17-10-7-14-3-1-2-4-16(14)19(17)18(11-23)20(25)24-21/h1-6,8-9,11,23H,7,10,12H2,(H,24,25). The molecule has 130 valence electrons. The Morgan fingerprint density at radius 2 is 1.88 bits per heavy atom. The summed E-state index contributed by atoms with van der Waals surface area (Å²) in [5, 5.41) is 9.35. The van der Waals surface area contributed by atoms with Gasteiger partial charge in [-0.3, -0.25) is 4.79 Å². The number of thioether (sulfide) groups is 1. The van der Waals surface area contributed by atoms with E-state index in [2.05, 4.69) is 11.1 Å². The molecule has 3 nitrogen and oxygen atoms in total. The van der Waals surface area contributed by atoms with E-state index in [-0.39, 0.29) is 5.56 Å². The lowest BCUT2D eigenvalue weighted by molar-refractivity contribution is 0.876. The largest absolute Gasteiger partial charge is 0.316 e. The van der Waals surface area contributed by atoms with E-state index in [0.717, 1.165) is 50.9 Å². The van der Waals surface area contributed by atoms with E-state index in [0.29, 0.717) is 5.56 Å². The molecule has 0 saturated carbocycles. The molecule has 4 rings (SSSR count). The number of aryl methyl sites for hydroxylation is 1. The number of fused-ring (bicyclic) bond motifs is 3. The number of hydrogen-bond donors (Lipinski definition) is 2. The zero-order valence-corrected chi connectivity index (χ0v) is 15.6. The van der Waals surface area contributed by atoms with Crippen LogP contribution in [0.1, 0.15) is 22.3 Å². The molecule has 0 bridgehead atoms. The lowest BCUT2D eigenvalue weighted by Crippen LogP contribution is -2.20. The van der Waals surface area contributed by atoms with Gasteiger partial charge in [-0.1, -0.05) is 48.0 Å². The molecule has 1 aromatic heterocycles. The Morgan fingerprint density at radius 3 is 2.65 bits per heavy atom. The van der Waals surface area contributed by atoms with Gasteiger partial charge in [0.1, 0.15) is 0 Å². The van der Waals surface area contributed by atoms with Gasteiger partial charge >= 0.3 is 0 Å². The maximum Gasteiger partial charge on any atom is 0.258 e. The van der Waals surface area contributed by atoms with Gasteiger partial charge in [0.05, 0.1) is 10.6 Å². The molecule has 1 aliphatic carbocycles. The minimum Gasteiger partial charge on any atom is -0.316 e. The zero-order valence-electron chi connectivity index (χ0n) is 14.0. The fraction of sp³-hybridized carbons (Fsp3) is 0.143. The quantitative estimate of drug-likeness (QED) is 0.489. The molecule has 5 heteroatoms. The molecule has 0 amide bonds. The third kappa shape index (κ3) is 3.11. The third-order valence-corrected chi connectivity index (χ3v) is 6.06. The Balaban J connectivity index is 1.78. The molecule has 2 N–H and O–H groups in total. The van der Waals surface area contributed by atoms with Gasteiger partial charge in [-0.25, -0.2) is 0 Å². The second kappa shape index (κ2) is 7.14. The van der Waals surface area contributed by atoms with Crippen molar-refractivity contribution in [1.82, 2.24) is 4.98 Å². The Kier molecular flexibility index (Phi) is 4.70. The summed E-state index contributed by atoms with van der Waals surface area (Å²) in [5.41, 5.74) is 5.78. The highest BCUT2D eigenvalue weighted by Gasteiger charge is 2.23. The van der Waals surface area contributed by atoms with Gasteiger partial charge in [-0.15, -0.1) is 11.8 Å². The van der Waals surface area contributed by atoms with Crippen LogP contribution in [0.3, 0.4) is 0 Å². The van der Waals surface area contributed by atoms with Crippen LogP contribution in [0.4, 0.5) is 0 Å². The van der Waals surface area contributed by atoms with Crippen molar-refractivity contribution in [3.05, 3.63) is 86.2 Å². The molecule has 3 aromatic rings. The first-order valence-electron chi connectivity index (χ1n) is 8.42. The normalized spacial score (nSPS) is 12.3. The average molecular weight is 381 g/mol. The molecule has 0 saturated heterocycles. The van der Waals surface area contributed by atoms with Crippen LogP contribution >= 0.6 is 23.4 Å². The topological polar surface area (TPSA) is 56.7 Å². The number of hydrogen-bond acceptors (Lipinski definition) is 3. The number of halogens is 1. The molecule has 0 aliphatic heterocycles. The first-order valence-corrected chi connectivity index (χ1v) is 9.79. The van der Waals surface area contributed by atoms with E-state index in [4.69, 9.17) is 17.0 Å². The van der Waals surface area contributed by atoms with Gasteiger partial charge in [-0.2, -0.15) is 0 Å². The summed E-state index contributed by atoms with van der Waals surface area (Å²) in [7, 11) is 0. The van der Waals surface area contributed by atoms with Crippen molar-refractivity contribution >= 4 is 29.6 Å². The van der Waals surface area contributed by atoms with Crippen LogP contribution in [0.15, 0.2) is 58.4 Å². The maximum atomic E-state index is 12.6. The first-order chi connectivity index (χ1) is 12.7. The molecule has 0 spiro atoms. The van der Waals surface area contributed by atoms with Crippen molar-refractivity contribution in [3.8, 4) is 11.1 Å². The van der Waals surface area contributed by atoms with E-state index in [1.54, 1.807) is 11.8 Å². The van der Waals surface area contributed by atoms with Crippen molar-refractivity contribution in [1.29, 1.82) is 5.41 Å². The Labute approximate surface area is 160 Å².